The first kappa shape index (κ1) is 13.8. The number of piperazine rings is 1. The minimum absolute atomic E-state index is 0.0163. The first-order valence-corrected chi connectivity index (χ1v) is 6.55. The average Bonchev–Trinajstić information content (AvgIpc) is 2.46. The Morgan fingerprint density at radius 2 is 2.26 bits per heavy atom. The summed E-state index contributed by atoms with van der Waals surface area (Å²) in [6.45, 7) is 3.91. The van der Waals surface area contributed by atoms with Crippen molar-refractivity contribution in [1.29, 1.82) is 0 Å². The first-order chi connectivity index (χ1) is 9.15. The van der Waals surface area contributed by atoms with Gasteiger partial charge >= 0.3 is 0 Å². The Morgan fingerprint density at radius 1 is 1.53 bits per heavy atom. The molecule has 1 aromatic carbocycles. The van der Waals surface area contributed by atoms with E-state index in [1.54, 1.807) is 14.0 Å². The summed E-state index contributed by atoms with van der Waals surface area (Å²) in [6.07, 6.45) is 0. The van der Waals surface area contributed by atoms with Gasteiger partial charge in [0.15, 0.2) is 0 Å². The normalized spacial score (nSPS) is 21.0. The second kappa shape index (κ2) is 6.04. The second-order valence-corrected chi connectivity index (χ2v) is 4.78. The van der Waals surface area contributed by atoms with Crippen molar-refractivity contribution in [2.24, 2.45) is 5.73 Å². The number of nitrogens with zero attached hydrogens (tertiary/aromatic N) is 1. The summed E-state index contributed by atoms with van der Waals surface area (Å²) in [5.41, 5.74) is 6.75. The molecule has 3 N–H and O–H groups in total. The molecule has 0 radical (unpaired) electrons. The molecule has 1 aromatic rings. The van der Waals surface area contributed by atoms with Crippen LogP contribution in [0.15, 0.2) is 24.3 Å². The van der Waals surface area contributed by atoms with E-state index in [4.69, 9.17) is 10.5 Å². The third-order valence-electron chi connectivity index (χ3n) is 3.41. The van der Waals surface area contributed by atoms with Gasteiger partial charge in [-0.3, -0.25) is 4.79 Å². The number of nitrogens with two attached hydrogens (primary N) is 1. The number of carbonyl (C=O) groups is 1. The topological polar surface area (TPSA) is 67.6 Å². The van der Waals surface area contributed by atoms with Crippen molar-refractivity contribution in [3.05, 3.63) is 29.8 Å². The molecule has 0 spiro atoms. The monoisotopic (exact) mass is 263 g/mol. The Morgan fingerprint density at radius 3 is 2.95 bits per heavy atom. The van der Waals surface area contributed by atoms with Crippen molar-refractivity contribution in [3.63, 3.8) is 0 Å². The number of hydrogen-bond donors (Lipinski definition) is 2. The van der Waals surface area contributed by atoms with Crippen LogP contribution in [0, 0.1) is 0 Å². The summed E-state index contributed by atoms with van der Waals surface area (Å²) in [6, 6.07) is 7.30. The van der Waals surface area contributed by atoms with Gasteiger partial charge in [0.2, 0.25) is 5.91 Å². The van der Waals surface area contributed by atoms with E-state index in [0.29, 0.717) is 6.54 Å². The molecule has 5 heteroatoms. The molecule has 1 saturated heterocycles. The second-order valence-electron chi connectivity index (χ2n) is 4.78. The average molecular weight is 263 g/mol. The van der Waals surface area contributed by atoms with Crippen molar-refractivity contribution >= 4 is 5.91 Å². The molecule has 1 aliphatic rings. The van der Waals surface area contributed by atoms with Crippen LogP contribution in [-0.2, 0) is 4.79 Å². The van der Waals surface area contributed by atoms with Crippen LogP contribution in [0.1, 0.15) is 18.5 Å². The molecule has 5 nitrogen and oxygen atoms in total. The third-order valence-corrected chi connectivity index (χ3v) is 3.41. The highest BCUT2D eigenvalue weighted by molar-refractivity contribution is 5.82. The summed E-state index contributed by atoms with van der Waals surface area (Å²) in [5.74, 6) is 0.788. The number of amides is 1. The number of ether oxygens (including phenoxy) is 1. The molecule has 1 aliphatic heterocycles. The maximum Gasteiger partial charge on any atom is 0.239 e. The van der Waals surface area contributed by atoms with Gasteiger partial charge in [0.05, 0.1) is 19.2 Å². The van der Waals surface area contributed by atoms with Gasteiger partial charge in [0, 0.05) is 25.2 Å². The van der Waals surface area contributed by atoms with Crippen LogP contribution in [0.2, 0.25) is 0 Å². The van der Waals surface area contributed by atoms with Crippen LogP contribution < -0.4 is 15.8 Å². The van der Waals surface area contributed by atoms with Crippen molar-refractivity contribution in [2.45, 2.75) is 19.0 Å². The number of hydrogen-bond acceptors (Lipinski definition) is 4. The highest BCUT2D eigenvalue weighted by Gasteiger charge is 2.30. The smallest absolute Gasteiger partial charge is 0.239 e. The van der Waals surface area contributed by atoms with E-state index in [2.05, 4.69) is 5.32 Å². The quantitative estimate of drug-likeness (QED) is 0.834. The van der Waals surface area contributed by atoms with Gasteiger partial charge in [-0.25, -0.2) is 0 Å². The van der Waals surface area contributed by atoms with E-state index in [-0.39, 0.29) is 11.9 Å². The zero-order chi connectivity index (χ0) is 13.8. The lowest BCUT2D eigenvalue weighted by atomic mass is 10.0. The molecule has 1 fully saturated rings. The van der Waals surface area contributed by atoms with E-state index in [1.165, 1.54) is 0 Å². The highest BCUT2D eigenvalue weighted by Crippen LogP contribution is 2.30. The van der Waals surface area contributed by atoms with E-state index < -0.39 is 6.04 Å². The molecule has 0 aliphatic carbocycles. The van der Waals surface area contributed by atoms with Crippen LogP contribution in [0.25, 0.3) is 0 Å². The number of benzene rings is 1. The van der Waals surface area contributed by atoms with Crippen LogP contribution in [-0.4, -0.2) is 43.6 Å². The van der Waals surface area contributed by atoms with Crippen molar-refractivity contribution in [2.75, 3.05) is 26.7 Å². The van der Waals surface area contributed by atoms with E-state index >= 15 is 0 Å². The van der Waals surface area contributed by atoms with Crippen LogP contribution in [0.5, 0.6) is 5.75 Å². The summed E-state index contributed by atoms with van der Waals surface area (Å²) in [5, 5.41) is 3.32. The number of carbonyl (C=O) groups excluding carboxylic acids is 1. The lowest BCUT2D eigenvalue weighted by molar-refractivity contribution is -0.135. The minimum atomic E-state index is -0.477. The molecule has 2 rings (SSSR count). The molecular weight excluding hydrogens is 242 g/mol. The first-order valence-electron chi connectivity index (χ1n) is 6.55. The summed E-state index contributed by atoms with van der Waals surface area (Å²) in [4.78, 5) is 14.1. The van der Waals surface area contributed by atoms with Gasteiger partial charge in [-0.15, -0.1) is 0 Å². The van der Waals surface area contributed by atoms with Gasteiger partial charge in [-0.05, 0) is 13.0 Å². The molecule has 104 valence electrons. The number of nitrogens with one attached hydrogen (secondary N) is 1. The van der Waals surface area contributed by atoms with Crippen molar-refractivity contribution in [3.8, 4) is 5.75 Å². The lowest BCUT2D eigenvalue weighted by Crippen LogP contribution is -2.52. The van der Waals surface area contributed by atoms with Crippen LogP contribution >= 0.6 is 0 Å². The Labute approximate surface area is 113 Å². The van der Waals surface area contributed by atoms with Gasteiger partial charge < -0.3 is 20.7 Å². The van der Waals surface area contributed by atoms with Crippen molar-refractivity contribution in [1.82, 2.24) is 10.2 Å². The maximum atomic E-state index is 12.2. The molecule has 1 amide bonds. The highest BCUT2D eigenvalue weighted by atomic mass is 16.5. The maximum absolute atomic E-state index is 12.2. The van der Waals surface area contributed by atoms with E-state index in [1.807, 2.05) is 29.2 Å². The Bertz CT molecular complexity index is 448. The lowest BCUT2D eigenvalue weighted by Gasteiger charge is -2.38. The minimum Gasteiger partial charge on any atom is -0.496 e. The predicted octanol–water partition coefficient (Wildman–Crippen LogP) is 0.515. The van der Waals surface area contributed by atoms with E-state index in [0.717, 1.165) is 24.4 Å². The molecular formula is C14H21N3O2. The zero-order valence-electron chi connectivity index (χ0n) is 11.4. The fraction of sp³-hybridized carbons (Fsp3) is 0.500. The molecule has 0 aromatic heterocycles. The predicted molar refractivity (Wildman–Crippen MR) is 74.0 cm³/mol. The molecule has 1 heterocycles. The fourth-order valence-corrected chi connectivity index (χ4v) is 2.45. The van der Waals surface area contributed by atoms with E-state index in [9.17, 15) is 4.79 Å². The zero-order valence-corrected chi connectivity index (χ0v) is 11.4. The van der Waals surface area contributed by atoms with Gasteiger partial charge in [-0.1, -0.05) is 18.2 Å². The van der Waals surface area contributed by atoms with Crippen LogP contribution in [0.3, 0.4) is 0 Å². The third kappa shape index (κ3) is 2.88. The SMILES string of the molecule is COc1ccccc1C1CNCCN1C(=O)[C@H](C)N. The van der Waals surface area contributed by atoms with Gasteiger partial charge in [-0.2, -0.15) is 0 Å². The molecule has 0 saturated carbocycles. The molecule has 0 bridgehead atoms. The summed E-state index contributed by atoms with van der Waals surface area (Å²) < 4.78 is 5.39. The molecule has 1 unspecified atom stereocenters. The largest absolute Gasteiger partial charge is 0.496 e. The van der Waals surface area contributed by atoms with Crippen molar-refractivity contribution < 1.29 is 9.53 Å². The Kier molecular flexibility index (Phi) is 4.39. The van der Waals surface area contributed by atoms with Crippen LogP contribution in [0.4, 0.5) is 0 Å². The summed E-state index contributed by atoms with van der Waals surface area (Å²) >= 11 is 0. The Balaban J connectivity index is 2.31. The Hall–Kier alpha value is -1.59. The summed E-state index contributed by atoms with van der Waals surface area (Å²) in [7, 11) is 1.65. The number of para-hydroxylation sites is 1. The molecule has 19 heavy (non-hydrogen) atoms. The number of rotatable bonds is 3. The molecule has 2 atom stereocenters. The standard InChI is InChI=1S/C14H21N3O2/c1-10(15)14(18)17-8-7-16-9-12(17)11-5-3-4-6-13(11)19-2/h3-6,10,12,16H,7-9,15H2,1-2H3/t10-,12?/m0/s1. The fourth-order valence-electron chi connectivity index (χ4n) is 2.45. The van der Waals surface area contributed by atoms with Gasteiger partial charge in [0.25, 0.3) is 0 Å². The number of methoxy groups -OCH3 is 1. The van der Waals surface area contributed by atoms with Gasteiger partial charge in [0.1, 0.15) is 5.75 Å².